The Balaban J connectivity index is 1.57. The van der Waals surface area contributed by atoms with Crippen molar-refractivity contribution in [2.75, 3.05) is 0 Å². The van der Waals surface area contributed by atoms with E-state index in [9.17, 15) is 9.59 Å². The van der Waals surface area contributed by atoms with Crippen LogP contribution < -0.4 is 20.9 Å². The van der Waals surface area contributed by atoms with Crippen molar-refractivity contribution in [2.45, 2.75) is 32.3 Å². The van der Waals surface area contributed by atoms with Crippen LogP contribution in [-0.4, -0.2) is 27.9 Å². The molecular formula is C23H22N4O4. The first kappa shape index (κ1) is 20.3. The van der Waals surface area contributed by atoms with E-state index in [1.807, 2.05) is 6.07 Å². The third kappa shape index (κ3) is 4.63. The van der Waals surface area contributed by atoms with Crippen molar-refractivity contribution in [3.8, 4) is 28.8 Å². The van der Waals surface area contributed by atoms with Gasteiger partial charge in [0.1, 0.15) is 17.2 Å². The zero-order chi connectivity index (χ0) is 22.0. The van der Waals surface area contributed by atoms with Crippen LogP contribution in [0.4, 0.5) is 0 Å². The van der Waals surface area contributed by atoms with Crippen molar-refractivity contribution >= 4 is 11.8 Å². The smallest absolute Gasteiger partial charge is 0.267 e. The van der Waals surface area contributed by atoms with Gasteiger partial charge in [-0.05, 0) is 73.7 Å². The number of nitrogens with zero attached hydrogens (tertiary/aromatic N) is 2. The molecule has 2 amide bonds. The highest BCUT2D eigenvalue weighted by Crippen LogP contribution is 2.30. The number of aromatic nitrogens is 2. The predicted octanol–water partition coefficient (Wildman–Crippen LogP) is 2.78. The number of hydrogen-bond acceptors (Lipinski definition) is 6. The minimum absolute atomic E-state index is 0.0311. The highest BCUT2D eigenvalue weighted by atomic mass is 16.5. The van der Waals surface area contributed by atoms with Gasteiger partial charge in [0.25, 0.3) is 11.8 Å². The Morgan fingerprint density at radius 2 is 1.65 bits per heavy atom. The molecule has 4 rings (SSSR count). The maximum Gasteiger partial charge on any atom is 0.267 e. The summed E-state index contributed by atoms with van der Waals surface area (Å²) in [5, 5.41) is 0. The topological polar surface area (TPSA) is 130 Å². The number of rotatable bonds is 7. The molecule has 8 nitrogen and oxygen atoms in total. The predicted molar refractivity (Wildman–Crippen MR) is 114 cm³/mol. The molecule has 1 heterocycles. The number of fused-ring (bicyclic) bond motifs is 1. The second-order valence-electron chi connectivity index (χ2n) is 7.35. The average Bonchev–Trinajstić information content (AvgIpc) is 3.22. The van der Waals surface area contributed by atoms with E-state index in [1.54, 1.807) is 24.3 Å². The first-order valence-electron chi connectivity index (χ1n) is 9.94. The summed E-state index contributed by atoms with van der Waals surface area (Å²) in [7, 11) is 0. The molecule has 1 aromatic heterocycles. The van der Waals surface area contributed by atoms with Gasteiger partial charge in [0.05, 0.1) is 0 Å². The molecule has 1 unspecified atom stereocenters. The lowest BCUT2D eigenvalue weighted by Gasteiger charge is -2.12. The molecule has 2 aromatic carbocycles. The van der Waals surface area contributed by atoms with Gasteiger partial charge in [-0.1, -0.05) is 6.07 Å². The van der Waals surface area contributed by atoms with Crippen molar-refractivity contribution < 1.29 is 19.1 Å². The Kier molecular flexibility index (Phi) is 5.53. The van der Waals surface area contributed by atoms with E-state index >= 15 is 0 Å². The fraction of sp³-hybridized carbons (Fsp3) is 0.217. The van der Waals surface area contributed by atoms with Crippen LogP contribution in [0, 0.1) is 0 Å². The fourth-order valence-corrected chi connectivity index (χ4v) is 3.40. The third-order valence-electron chi connectivity index (χ3n) is 5.07. The van der Waals surface area contributed by atoms with E-state index in [0.717, 1.165) is 18.6 Å². The summed E-state index contributed by atoms with van der Waals surface area (Å²) in [5.41, 5.74) is 13.9. The Labute approximate surface area is 179 Å². The average molecular weight is 418 g/mol. The Morgan fingerprint density at radius 1 is 0.935 bits per heavy atom. The van der Waals surface area contributed by atoms with Crippen molar-refractivity contribution in [3.05, 3.63) is 65.4 Å². The van der Waals surface area contributed by atoms with E-state index in [-0.39, 0.29) is 17.4 Å². The third-order valence-corrected chi connectivity index (χ3v) is 5.07. The minimum Gasteiger partial charge on any atom is -0.464 e. The summed E-state index contributed by atoms with van der Waals surface area (Å²) in [5.74, 6) is 0.310. The van der Waals surface area contributed by atoms with E-state index in [2.05, 4.69) is 22.1 Å². The van der Waals surface area contributed by atoms with Crippen LogP contribution >= 0.6 is 0 Å². The lowest BCUT2D eigenvalue weighted by Crippen LogP contribution is -2.31. The summed E-state index contributed by atoms with van der Waals surface area (Å²) in [4.78, 5) is 31.4. The van der Waals surface area contributed by atoms with Gasteiger partial charge in [0, 0.05) is 11.6 Å². The molecule has 0 saturated carbocycles. The van der Waals surface area contributed by atoms with Crippen LogP contribution in [0.5, 0.6) is 17.4 Å². The second-order valence-corrected chi connectivity index (χ2v) is 7.35. The number of benzene rings is 2. The molecular weight excluding hydrogens is 396 g/mol. The normalized spacial score (nSPS) is 13.3. The van der Waals surface area contributed by atoms with Crippen LogP contribution in [0.15, 0.2) is 48.5 Å². The molecule has 1 atom stereocenters. The quantitative estimate of drug-likeness (QED) is 0.607. The molecule has 31 heavy (non-hydrogen) atoms. The van der Waals surface area contributed by atoms with E-state index in [0.29, 0.717) is 11.3 Å². The molecule has 0 saturated heterocycles. The standard InChI is InChI=1S/C23H22N4O4/c1-13(21(24)28)30-20-12-19(22(25)29)26-23(27-20)15-6-8-17(9-7-15)31-18-10-5-14-3-2-4-16(14)11-18/h5-13H,2-4H2,1H3,(H2,24,28)(H2,25,29). The molecule has 0 aliphatic heterocycles. The first-order chi connectivity index (χ1) is 14.9. The van der Waals surface area contributed by atoms with E-state index < -0.39 is 17.9 Å². The van der Waals surface area contributed by atoms with Gasteiger partial charge in [-0.15, -0.1) is 0 Å². The van der Waals surface area contributed by atoms with E-state index in [4.69, 9.17) is 20.9 Å². The molecule has 158 valence electrons. The number of ether oxygens (including phenoxy) is 2. The number of aryl methyl sites for hydroxylation is 2. The number of nitrogens with two attached hydrogens (primary N) is 2. The maximum atomic E-state index is 11.7. The number of hydrogen-bond donors (Lipinski definition) is 2. The van der Waals surface area contributed by atoms with Gasteiger partial charge in [-0.3, -0.25) is 9.59 Å². The number of carbonyl (C=O) groups is 2. The lowest BCUT2D eigenvalue weighted by atomic mass is 10.1. The number of carbonyl (C=O) groups excluding carboxylic acids is 2. The molecule has 0 radical (unpaired) electrons. The summed E-state index contributed by atoms with van der Waals surface area (Å²) < 4.78 is 11.4. The maximum absolute atomic E-state index is 11.7. The largest absolute Gasteiger partial charge is 0.464 e. The van der Waals surface area contributed by atoms with Gasteiger partial charge < -0.3 is 20.9 Å². The molecule has 3 aromatic rings. The summed E-state index contributed by atoms with van der Waals surface area (Å²) in [6, 6.07) is 14.6. The molecule has 0 spiro atoms. The fourth-order valence-electron chi connectivity index (χ4n) is 3.40. The molecule has 0 fully saturated rings. The van der Waals surface area contributed by atoms with Crippen molar-refractivity contribution in [1.29, 1.82) is 0 Å². The summed E-state index contributed by atoms with van der Waals surface area (Å²) >= 11 is 0. The highest BCUT2D eigenvalue weighted by Gasteiger charge is 2.16. The molecule has 0 bridgehead atoms. The van der Waals surface area contributed by atoms with Gasteiger partial charge in [0.15, 0.2) is 11.9 Å². The van der Waals surface area contributed by atoms with Crippen molar-refractivity contribution in [3.63, 3.8) is 0 Å². The zero-order valence-electron chi connectivity index (χ0n) is 17.0. The van der Waals surface area contributed by atoms with E-state index in [1.165, 1.54) is 30.5 Å². The Morgan fingerprint density at radius 3 is 2.35 bits per heavy atom. The summed E-state index contributed by atoms with van der Waals surface area (Å²) in [6.45, 7) is 1.49. The lowest BCUT2D eigenvalue weighted by molar-refractivity contribution is -0.124. The van der Waals surface area contributed by atoms with Crippen molar-refractivity contribution in [1.82, 2.24) is 9.97 Å². The van der Waals surface area contributed by atoms with Crippen LogP contribution in [0.1, 0.15) is 35.0 Å². The number of amides is 2. The molecule has 1 aliphatic rings. The second kappa shape index (κ2) is 8.43. The van der Waals surface area contributed by atoms with Crippen molar-refractivity contribution in [2.24, 2.45) is 11.5 Å². The van der Waals surface area contributed by atoms with Crippen LogP contribution in [0.2, 0.25) is 0 Å². The van der Waals surface area contributed by atoms with Gasteiger partial charge in [-0.2, -0.15) is 4.98 Å². The summed E-state index contributed by atoms with van der Waals surface area (Å²) in [6.07, 6.45) is 2.46. The Hall–Kier alpha value is -3.94. The van der Waals surface area contributed by atoms with Crippen LogP contribution in [0.3, 0.4) is 0 Å². The van der Waals surface area contributed by atoms with Crippen LogP contribution in [0.25, 0.3) is 11.4 Å². The SMILES string of the molecule is CC(Oc1cc(C(N)=O)nc(-c2ccc(Oc3ccc4c(c3)CCC4)cc2)n1)C(N)=O. The highest BCUT2D eigenvalue weighted by molar-refractivity contribution is 5.91. The molecule has 8 heteroatoms. The van der Waals surface area contributed by atoms with Gasteiger partial charge in [-0.25, -0.2) is 4.98 Å². The van der Waals surface area contributed by atoms with Gasteiger partial charge >= 0.3 is 0 Å². The molecule has 1 aliphatic carbocycles. The first-order valence-corrected chi connectivity index (χ1v) is 9.94. The zero-order valence-corrected chi connectivity index (χ0v) is 17.0. The Bertz CT molecular complexity index is 1140. The number of primary amides is 2. The molecule has 4 N–H and O–H groups in total. The minimum atomic E-state index is -0.924. The monoisotopic (exact) mass is 418 g/mol. The van der Waals surface area contributed by atoms with Crippen LogP contribution in [-0.2, 0) is 17.6 Å². The van der Waals surface area contributed by atoms with Gasteiger partial charge in [0.2, 0.25) is 5.88 Å².